The fourth-order valence-corrected chi connectivity index (χ4v) is 2.46. The Hall–Kier alpha value is -2.64. The number of carboxylic acid groups (broad SMARTS) is 1. The number of benzene rings is 2. The number of H-pyrrole nitrogens is 1. The van der Waals surface area contributed by atoms with Crippen LogP contribution in [-0.2, 0) is 33.8 Å². The molecule has 1 aromatic heterocycles. The monoisotopic (exact) mass is 406 g/mol. The van der Waals surface area contributed by atoms with Gasteiger partial charge in [-0.15, -0.1) is 5.75 Å². The Labute approximate surface area is 160 Å². The Morgan fingerprint density at radius 2 is 1.81 bits per heavy atom. The predicted octanol–water partition coefficient (Wildman–Crippen LogP) is -0.727. The maximum atomic E-state index is 11.6. The molecule has 0 aliphatic heterocycles. The van der Waals surface area contributed by atoms with Crippen molar-refractivity contribution in [3.63, 3.8) is 0 Å². The second-order valence-corrected chi connectivity index (χ2v) is 5.21. The summed E-state index contributed by atoms with van der Waals surface area (Å²) >= 11 is 0. The summed E-state index contributed by atoms with van der Waals surface area (Å²) in [6.45, 7) is 0. The van der Waals surface area contributed by atoms with Crippen LogP contribution in [0.2, 0.25) is 0 Å². The number of nitrogens with zero attached hydrogens (tertiary/aromatic N) is 1. The van der Waals surface area contributed by atoms with Crippen molar-refractivity contribution in [1.29, 1.82) is 0 Å². The van der Waals surface area contributed by atoms with E-state index in [9.17, 15) is 15.0 Å². The van der Waals surface area contributed by atoms with Crippen LogP contribution in [0.5, 0.6) is 5.75 Å². The zero-order chi connectivity index (χ0) is 16.2. The first kappa shape index (κ1) is 23.4. The molecule has 0 fully saturated rings. The van der Waals surface area contributed by atoms with Crippen molar-refractivity contribution in [2.75, 3.05) is 0 Å². The number of fused-ring (bicyclic) bond motifs is 1. The van der Waals surface area contributed by atoms with E-state index in [-0.39, 0.29) is 40.2 Å². The maximum Gasteiger partial charge on any atom is 2.00 e. The largest absolute Gasteiger partial charge is 2.00 e. The molecule has 0 aliphatic rings. The second kappa shape index (κ2) is 10.4. The second-order valence-electron chi connectivity index (χ2n) is 5.21. The van der Waals surface area contributed by atoms with Gasteiger partial charge in [0.15, 0.2) is 0 Å². The number of aromatic nitrogens is 1. The summed E-state index contributed by atoms with van der Waals surface area (Å²) in [7, 11) is 0. The summed E-state index contributed by atoms with van der Waals surface area (Å²) in [5, 5.41) is 23.9. The van der Waals surface area contributed by atoms with Crippen LogP contribution in [-0.4, -0.2) is 28.7 Å². The van der Waals surface area contributed by atoms with E-state index >= 15 is 0 Å². The molecule has 141 valence electrons. The van der Waals surface area contributed by atoms with Crippen molar-refractivity contribution < 1.29 is 43.0 Å². The summed E-state index contributed by atoms with van der Waals surface area (Å²) in [5.74, 6) is -1.46. The van der Waals surface area contributed by atoms with Gasteiger partial charge < -0.3 is 30.9 Å². The first-order valence-corrected chi connectivity index (χ1v) is 7.20. The molecule has 6 N–H and O–H groups in total. The third kappa shape index (κ3) is 5.18. The Morgan fingerprint density at radius 1 is 1.15 bits per heavy atom. The quantitative estimate of drug-likeness (QED) is 0.337. The number of aliphatic imine (C=N–C) groups is 1. The van der Waals surface area contributed by atoms with E-state index in [0.717, 1.165) is 16.5 Å². The number of nitrogens with one attached hydrogen (secondary N) is 1. The van der Waals surface area contributed by atoms with Crippen LogP contribution in [0.1, 0.15) is 11.1 Å². The van der Waals surface area contributed by atoms with E-state index < -0.39 is 12.0 Å². The molecule has 3 rings (SSSR count). The molecule has 0 saturated heterocycles. The van der Waals surface area contributed by atoms with Crippen molar-refractivity contribution in [3.8, 4) is 5.75 Å². The van der Waals surface area contributed by atoms with E-state index in [1.165, 1.54) is 12.3 Å². The number of carbonyl (C=O) groups is 1. The molecule has 8 heteroatoms. The van der Waals surface area contributed by atoms with Gasteiger partial charge >= 0.3 is 17.1 Å². The van der Waals surface area contributed by atoms with Gasteiger partial charge in [-0.25, -0.2) is 0 Å². The van der Waals surface area contributed by atoms with Crippen LogP contribution in [0.4, 0.5) is 0 Å². The van der Waals surface area contributed by atoms with Crippen molar-refractivity contribution in [1.82, 2.24) is 4.98 Å². The molecular weight excluding hydrogens is 388 g/mol. The smallest absolute Gasteiger partial charge is 0.872 e. The summed E-state index contributed by atoms with van der Waals surface area (Å²) in [5.41, 5.74) is 2.15. The number of rotatable bonds is 5. The molecule has 1 radical (unpaired) electrons. The molecule has 0 saturated carbocycles. The van der Waals surface area contributed by atoms with E-state index in [1.54, 1.807) is 24.4 Å². The Morgan fingerprint density at radius 3 is 2.50 bits per heavy atom. The van der Waals surface area contributed by atoms with E-state index in [4.69, 9.17) is 0 Å². The van der Waals surface area contributed by atoms with Gasteiger partial charge in [0.2, 0.25) is 0 Å². The Kier molecular flexibility index (Phi) is 9.32. The molecule has 0 unspecified atom stereocenters. The average molecular weight is 407 g/mol. The third-order valence-electron chi connectivity index (χ3n) is 3.67. The molecule has 3 aromatic rings. The standard InChI is InChI=1S/C18H16N2O3.Cu.2H2O/c21-17-8-4-1-5-12(17)10-20-16(18(22)23)9-13-11-19-15-7-3-2-6-14(13)15;;;/h1-8,10-11,16,19,21H,9H2,(H,22,23);;2*1H2/q;+2;;/p-1/t16-;;;/m0.../s1. The van der Waals surface area contributed by atoms with Gasteiger partial charge in [0, 0.05) is 29.7 Å². The zero-order valence-electron chi connectivity index (χ0n) is 13.6. The molecule has 0 aliphatic carbocycles. The first-order chi connectivity index (χ1) is 11.1. The summed E-state index contributed by atoms with van der Waals surface area (Å²) in [6.07, 6.45) is 3.28. The van der Waals surface area contributed by atoms with Crippen LogP contribution in [0.3, 0.4) is 0 Å². The average Bonchev–Trinajstić information content (AvgIpc) is 2.95. The molecule has 1 heterocycles. The van der Waals surface area contributed by atoms with Crippen LogP contribution in [0.25, 0.3) is 10.9 Å². The zero-order valence-corrected chi connectivity index (χ0v) is 14.6. The van der Waals surface area contributed by atoms with Gasteiger partial charge in [-0.1, -0.05) is 42.5 Å². The summed E-state index contributed by atoms with van der Waals surface area (Å²) < 4.78 is 0. The SMILES string of the molecule is O.O=C([O-])[C@H](Cc1c[nH]c2ccccc12)N=Cc1ccccc1[O-].[Cu+2].[OH3+]. The van der Waals surface area contributed by atoms with Crippen LogP contribution >= 0.6 is 0 Å². The van der Waals surface area contributed by atoms with Crippen molar-refractivity contribution >= 4 is 23.1 Å². The minimum atomic E-state index is -1.27. The van der Waals surface area contributed by atoms with Crippen molar-refractivity contribution in [2.24, 2.45) is 4.99 Å². The van der Waals surface area contributed by atoms with Crippen LogP contribution < -0.4 is 10.2 Å². The molecule has 0 bridgehead atoms. The Balaban J connectivity index is 0.00000208. The van der Waals surface area contributed by atoms with Gasteiger partial charge in [0.05, 0.1) is 12.0 Å². The normalized spacial score (nSPS) is 11.2. The summed E-state index contributed by atoms with van der Waals surface area (Å²) in [4.78, 5) is 18.5. The van der Waals surface area contributed by atoms with Gasteiger partial charge in [-0.2, -0.15) is 0 Å². The number of hydrogen-bond donors (Lipinski definition) is 1. The van der Waals surface area contributed by atoms with Gasteiger partial charge in [0.25, 0.3) is 0 Å². The minimum Gasteiger partial charge on any atom is -0.872 e. The molecular formula is C18H19CuN2O5+. The molecule has 26 heavy (non-hydrogen) atoms. The number of hydrogen-bond acceptors (Lipinski definition) is 4. The fourth-order valence-electron chi connectivity index (χ4n) is 2.46. The molecule has 0 amide bonds. The van der Waals surface area contributed by atoms with E-state index in [0.29, 0.717) is 5.56 Å². The van der Waals surface area contributed by atoms with Crippen molar-refractivity contribution in [2.45, 2.75) is 12.5 Å². The molecule has 7 nitrogen and oxygen atoms in total. The molecule has 2 aromatic carbocycles. The number of para-hydroxylation sites is 2. The number of aliphatic carboxylic acids is 1. The maximum absolute atomic E-state index is 11.6. The van der Waals surface area contributed by atoms with E-state index in [2.05, 4.69) is 9.98 Å². The first-order valence-electron chi connectivity index (χ1n) is 7.20. The van der Waals surface area contributed by atoms with Gasteiger partial charge in [-0.05, 0) is 17.2 Å². The number of carboxylic acids is 1. The Bertz CT molecular complexity index is 879. The van der Waals surface area contributed by atoms with Crippen LogP contribution in [0, 0.1) is 0 Å². The van der Waals surface area contributed by atoms with Gasteiger partial charge in [-0.3, -0.25) is 4.99 Å². The molecule has 1 atom stereocenters. The molecule has 0 spiro atoms. The predicted molar refractivity (Wildman–Crippen MR) is 92.8 cm³/mol. The third-order valence-corrected chi connectivity index (χ3v) is 3.67. The van der Waals surface area contributed by atoms with Crippen LogP contribution in [0.15, 0.2) is 59.7 Å². The fraction of sp³-hybridized carbons (Fsp3) is 0.111. The van der Waals surface area contributed by atoms with E-state index in [1.807, 2.05) is 24.3 Å². The minimum absolute atomic E-state index is 0. The van der Waals surface area contributed by atoms with Crippen molar-refractivity contribution in [3.05, 3.63) is 65.9 Å². The topological polar surface area (TPSA) is 156 Å². The number of aromatic amines is 1. The van der Waals surface area contributed by atoms with Gasteiger partial charge in [0.1, 0.15) is 0 Å². The number of carbonyl (C=O) groups excluding carboxylic acids is 1. The summed E-state index contributed by atoms with van der Waals surface area (Å²) in [6, 6.07) is 12.9.